The number of carbonyl (C=O) groups is 2. The first-order valence-corrected chi connectivity index (χ1v) is 11.1. The summed E-state index contributed by atoms with van der Waals surface area (Å²) in [5.41, 5.74) is -1.22. The summed E-state index contributed by atoms with van der Waals surface area (Å²) >= 11 is 0. The Kier molecular flexibility index (Phi) is 8.59. The molecule has 4 nitrogen and oxygen atoms in total. The predicted octanol–water partition coefficient (Wildman–Crippen LogP) is 6.45. The molecular formula is C24H44O4. The van der Waals surface area contributed by atoms with Crippen molar-refractivity contribution in [2.45, 2.75) is 119 Å². The highest BCUT2D eigenvalue weighted by Crippen LogP contribution is 2.39. The van der Waals surface area contributed by atoms with E-state index in [1.165, 1.54) is 0 Å². The van der Waals surface area contributed by atoms with E-state index in [2.05, 4.69) is 20.8 Å². The molecule has 4 heteroatoms. The average Bonchev–Trinajstić information content (AvgIpc) is 3.01. The Bertz CT molecular complexity index is 523. The van der Waals surface area contributed by atoms with E-state index in [-0.39, 0.29) is 23.0 Å². The zero-order valence-corrected chi connectivity index (χ0v) is 19.7. The van der Waals surface area contributed by atoms with E-state index in [9.17, 15) is 9.59 Å². The molecule has 1 fully saturated rings. The second kappa shape index (κ2) is 9.63. The fraction of sp³-hybridized carbons (Fsp3) is 0.917. The minimum absolute atomic E-state index is 0.143. The molecule has 1 aliphatic rings. The Labute approximate surface area is 173 Å². The molecule has 0 spiro atoms. The second-order valence-corrected chi connectivity index (χ2v) is 11.1. The normalized spacial score (nSPS) is 19.1. The van der Waals surface area contributed by atoms with Crippen LogP contribution in [0, 0.1) is 16.2 Å². The molecule has 164 valence electrons. The number of carbonyl (C=O) groups excluding carboxylic acids is 2. The van der Waals surface area contributed by atoms with Crippen LogP contribution in [-0.2, 0) is 19.1 Å². The fourth-order valence-electron chi connectivity index (χ4n) is 3.64. The Hall–Kier alpha value is -1.06. The number of esters is 2. The van der Waals surface area contributed by atoms with Crippen molar-refractivity contribution in [3.05, 3.63) is 0 Å². The second-order valence-electron chi connectivity index (χ2n) is 11.1. The van der Waals surface area contributed by atoms with E-state index in [0.29, 0.717) is 25.9 Å². The van der Waals surface area contributed by atoms with Crippen molar-refractivity contribution >= 4 is 11.9 Å². The third kappa shape index (κ3) is 7.75. The minimum Gasteiger partial charge on any atom is -0.465 e. The van der Waals surface area contributed by atoms with E-state index in [1.807, 2.05) is 34.6 Å². The summed E-state index contributed by atoms with van der Waals surface area (Å²) in [6, 6.07) is 0. The molecule has 0 aromatic carbocycles. The summed E-state index contributed by atoms with van der Waals surface area (Å²) in [5, 5.41) is 0. The lowest BCUT2D eigenvalue weighted by Crippen LogP contribution is -2.38. The molecule has 0 aromatic rings. The third-order valence-electron chi connectivity index (χ3n) is 6.43. The Morgan fingerprint density at radius 3 is 1.96 bits per heavy atom. The zero-order valence-electron chi connectivity index (χ0n) is 19.7. The van der Waals surface area contributed by atoms with Gasteiger partial charge in [-0.25, -0.2) is 0 Å². The molecule has 0 heterocycles. The molecule has 0 bridgehead atoms. The summed E-state index contributed by atoms with van der Waals surface area (Å²) in [4.78, 5) is 25.5. The third-order valence-corrected chi connectivity index (χ3v) is 6.43. The van der Waals surface area contributed by atoms with Crippen molar-refractivity contribution in [2.75, 3.05) is 6.61 Å². The Morgan fingerprint density at radius 2 is 1.46 bits per heavy atom. The van der Waals surface area contributed by atoms with Gasteiger partial charge in [0.1, 0.15) is 5.60 Å². The highest BCUT2D eigenvalue weighted by Gasteiger charge is 2.41. The van der Waals surface area contributed by atoms with Crippen molar-refractivity contribution in [2.24, 2.45) is 16.2 Å². The summed E-state index contributed by atoms with van der Waals surface area (Å²) < 4.78 is 11.5. The van der Waals surface area contributed by atoms with Crippen LogP contribution in [0.3, 0.4) is 0 Å². The van der Waals surface area contributed by atoms with Gasteiger partial charge < -0.3 is 9.47 Å². The molecule has 0 aromatic heterocycles. The largest absolute Gasteiger partial charge is 0.465 e. The first-order valence-electron chi connectivity index (χ1n) is 11.1. The maximum absolute atomic E-state index is 12.8. The first kappa shape index (κ1) is 25.0. The van der Waals surface area contributed by atoms with Gasteiger partial charge in [0.05, 0.1) is 17.4 Å². The van der Waals surface area contributed by atoms with Gasteiger partial charge in [0, 0.05) is 0 Å². The van der Waals surface area contributed by atoms with Crippen LogP contribution in [0.5, 0.6) is 0 Å². The SMILES string of the molecule is CCC(C)(CCC(C)(C)C(=O)OC1(C)CCCC1)C(=O)OCCCC(C)(C)C. The van der Waals surface area contributed by atoms with Crippen LogP contribution >= 0.6 is 0 Å². The average molecular weight is 397 g/mol. The Morgan fingerprint density at radius 1 is 0.893 bits per heavy atom. The molecule has 0 amide bonds. The molecule has 1 unspecified atom stereocenters. The Balaban J connectivity index is 2.56. The zero-order chi connectivity index (χ0) is 21.6. The summed E-state index contributed by atoms with van der Waals surface area (Å²) in [7, 11) is 0. The van der Waals surface area contributed by atoms with Crippen LogP contribution in [0.4, 0.5) is 0 Å². The lowest BCUT2D eigenvalue weighted by atomic mass is 9.76. The molecule has 1 atom stereocenters. The monoisotopic (exact) mass is 396 g/mol. The van der Waals surface area contributed by atoms with Crippen LogP contribution in [0.1, 0.15) is 113 Å². The van der Waals surface area contributed by atoms with Gasteiger partial charge in [0.2, 0.25) is 0 Å². The molecule has 0 N–H and O–H groups in total. The van der Waals surface area contributed by atoms with Gasteiger partial charge in [-0.05, 0) is 90.9 Å². The van der Waals surface area contributed by atoms with E-state index in [0.717, 1.165) is 38.5 Å². The smallest absolute Gasteiger partial charge is 0.312 e. The molecule has 0 aliphatic heterocycles. The maximum Gasteiger partial charge on any atom is 0.312 e. The van der Waals surface area contributed by atoms with E-state index in [1.54, 1.807) is 0 Å². The highest BCUT2D eigenvalue weighted by atomic mass is 16.6. The molecular weight excluding hydrogens is 352 g/mol. The summed E-state index contributed by atoms with van der Waals surface area (Å²) in [6.07, 6.45) is 7.99. The van der Waals surface area contributed by atoms with Gasteiger partial charge in [-0.1, -0.05) is 27.7 Å². The van der Waals surface area contributed by atoms with Gasteiger partial charge >= 0.3 is 11.9 Å². The molecule has 28 heavy (non-hydrogen) atoms. The summed E-state index contributed by atoms with van der Waals surface area (Å²) in [6.45, 7) is 16.9. The van der Waals surface area contributed by atoms with Crippen molar-refractivity contribution in [3.63, 3.8) is 0 Å². The van der Waals surface area contributed by atoms with Crippen LogP contribution in [0.2, 0.25) is 0 Å². The van der Waals surface area contributed by atoms with Gasteiger partial charge in [-0.15, -0.1) is 0 Å². The van der Waals surface area contributed by atoms with Gasteiger partial charge in [0.15, 0.2) is 0 Å². The number of hydrogen-bond acceptors (Lipinski definition) is 4. The first-order chi connectivity index (χ1) is 12.7. The highest BCUT2D eigenvalue weighted by molar-refractivity contribution is 5.78. The standard InChI is InChI=1S/C24H44O4/c1-9-23(7,20(26)27-18-12-13-21(2,3)4)17-16-22(5,6)19(25)28-24(8)14-10-11-15-24/h9-18H2,1-8H3. The van der Waals surface area contributed by atoms with Gasteiger partial charge in [-0.2, -0.15) is 0 Å². The minimum atomic E-state index is -0.603. The topological polar surface area (TPSA) is 52.6 Å². The van der Waals surface area contributed by atoms with Crippen LogP contribution in [0.15, 0.2) is 0 Å². The molecule has 0 saturated heterocycles. The van der Waals surface area contributed by atoms with Crippen molar-refractivity contribution in [1.29, 1.82) is 0 Å². The fourth-order valence-corrected chi connectivity index (χ4v) is 3.64. The maximum atomic E-state index is 12.8. The van der Waals surface area contributed by atoms with Gasteiger partial charge in [-0.3, -0.25) is 9.59 Å². The predicted molar refractivity (Wildman–Crippen MR) is 114 cm³/mol. The number of hydrogen-bond donors (Lipinski definition) is 0. The van der Waals surface area contributed by atoms with E-state index >= 15 is 0 Å². The van der Waals surface area contributed by atoms with E-state index < -0.39 is 10.8 Å². The molecule has 0 radical (unpaired) electrons. The lowest BCUT2D eigenvalue weighted by Gasteiger charge is -2.33. The van der Waals surface area contributed by atoms with Crippen LogP contribution in [-0.4, -0.2) is 24.1 Å². The van der Waals surface area contributed by atoms with Crippen molar-refractivity contribution < 1.29 is 19.1 Å². The van der Waals surface area contributed by atoms with Crippen molar-refractivity contribution in [1.82, 2.24) is 0 Å². The quantitative estimate of drug-likeness (QED) is 0.314. The van der Waals surface area contributed by atoms with Gasteiger partial charge in [0.25, 0.3) is 0 Å². The molecule has 1 aliphatic carbocycles. The number of ether oxygens (including phenoxy) is 2. The van der Waals surface area contributed by atoms with Crippen LogP contribution in [0.25, 0.3) is 0 Å². The summed E-state index contributed by atoms with van der Waals surface area (Å²) in [5.74, 6) is -0.287. The molecule has 1 rings (SSSR count). The van der Waals surface area contributed by atoms with Crippen LogP contribution < -0.4 is 0 Å². The number of rotatable bonds is 10. The lowest BCUT2D eigenvalue weighted by molar-refractivity contribution is -0.170. The van der Waals surface area contributed by atoms with E-state index in [4.69, 9.17) is 9.47 Å². The van der Waals surface area contributed by atoms with Crippen molar-refractivity contribution in [3.8, 4) is 0 Å². The molecule has 1 saturated carbocycles.